The summed E-state index contributed by atoms with van der Waals surface area (Å²) in [4.78, 5) is 12.3. The van der Waals surface area contributed by atoms with E-state index in [2.05, 4.69) is 0 Å². The molecule has 3 heterocycles. The summed E-state index contributed by atoms with van der Waals surface area (Å²) in [6.07, 6.45) is -8.44. The smallest absolute Gasteiger partial charge is 0.333 e. The van der Waals surface area contributed by atoms with Crippen molar-refractivity contribution in [1.82, 2.24) is 0 Å². The third-order valence-electron chi connectivity index (χ3n) is 9.72. The van der Waals surface area contributed by atoms with Crippen molar-refractivity contribution in [2.24, 2.45) is 11.3 Å². The van der Waals surface area contributed by atoms with Gasteiger partial charge in [0.05, 0.1) is 24.9 Å². The van der Waals surface area contributed by atoms with Crippen LogP contribution in [0.15, 0.2) is 0 Å². The number of aliphatic hydroxyl groups is 5. The lowest BCUT2D eigenvalue weighted by Gasteiger charge is -2.48. The van der Waals surface area contributed by atoms with E-state index in [9.17, 15) is 35.4 Å². The first-order valence-corrected chi connectivity index (χ1v) is 15.0. The summed E-state index contributed by atoms with van der Waals surface area (Å²) >= 11 is 0. The highest BCUT2D eigenvalue weighted by atomic mass is 16.7. The summed E-state index contributed by atoms with van der Waals surface area (Å²) in [6.45, 7) is 3.35. The molecule has 0 aromatic heterocycles. The summed E-state index contributed by atoms with van der Waals surface area (Å²) in [5.74, 6) is -1.08. The highest BCUT2D eigenvalue weighted by Crippen LogP contribution is 2.55. The maximum atomic E-state index is 12.3. The molecule has 5 aliphatic rings. The van der Waals surface area contributed by atoms with Crippen LogP contribution in [-0.4, -0.2) is 130 Å². The Kier molecular flexibility index (Phi) is 9.93. The largest absolute Gasteiger partial charge is 0.479 e. The van der Waals surface area contributed by atoms with E-state index in [0.717, 1.165) is 32.1 Å². The number of ether oxygens (including phenoxy) is 6. The number of aliphatic hydroxyl groups excluding tert-OH is 5. The van der Waals surface area contributed by atoms with Gasteiger partial charge in [0.1, 0.15) is 42.7 Å². The molecule has 2 aliphatic carbocycles. The van der Waals surface area contributed by atoms with Gasteiger partial charge >= 0.3 is 5.97 Å². The minimum Gasteiger partial charge on any atom is -0.479 e. The van der Waals surface area contributed by atoms with Crippen molar-refractivity contribution < 1.29 is 63.9 Å². The summed E-state index contributed by atoms with van der Waals surface area (Å²) in [6, 6.07) is 0. The van der Waals surface area contributed by atoms with Crippen LogP contribution in [0, 0.1) is 11.3 Å². The topological polar surface area (TPSA) is 194 Å². The van der Waals surface area contributed by atoms with Crippen molar-refractivity contribution in [3.05, 3.63) is 0 Å². The van der Waals surface area contributed by atoms with Gasteiger partial charge in [-0.2, -0.15) is 0 Å². The van der Waals surface area contributed by atoms with Crippen LogP contribution < -0.4 is 0 Å². The van der Waals surface area contributed by atoms with Crippen LogP contribution in [0.4, 0.5) is 0 Å². The molecule has 0 bridgehead atoms. The lowest BCUT2D eigenvalue weighted by atomic mass is 9.82. The summed E-state index contributed by atoms with van der Waals surface area (Å²) < 4.78 is 36.8. The highest BCUT2D eigenvalue weighted by molar-refractivity contribution is 5.74. The number of carbonyl (C=O) groups is 1. The van der Waals surface area contributed by atoms with Gasteiger partial charge in [-0.15, -0.1) is 0 Å². The number of carboxylic acids is 1. The molecule has 13 nitrogen and oxygen atoms in total. The SMILES string of the molecule is CCC1CCCC(OC2OC(CO)C(O)C3OC(C(=O)O)C4(CCCOC23)CC4)C1OC1OC(C)C(O)C(O)C1O. The Balaban J connectivity index is 1.38. The van der Waals surface area contributed by atoms with Crippen LogP contribution in [0.3, 0.4) is 0 Å². The average Bonchev–Trinajstić information content (AvgIpc) is 3.72. The fraction of sp³-hybridized carbons (Fsp3) is 0.964. The Morgan fingerprint density at radius 3 is 2.29 bits per heavy atom. The number of carboxylic acid groups (broad SMARTS) is 1. The molecule has 0 aromatic rings. The highest BCUT2D eigenvalue weighted by Gasteiger charge is 2.58. The maximum Gasteiger partial charge on any atom is 0.333 e. The van der Waals surface area contributed by atoms with Crippen molar-refractivity contribution in [3.63, 3.8) is 0 Å². The molecule has 5 fully saturated rings. The van der Waals surface area contributed by atoms with Gasteiger partial charge in [-0.05, 0) is 51.4 Å². The fourth-order valence-corrected chi connectivity index (χ4v) is 7.00. The van der Waals surface area contributed by atoms with Crippen LogP contribution in [-0.2, 0) is 33.2 Å². The Morgan fingerprint density at radius 2 is 1.63 bits per heavy atom. The van der Waals surface area contributed by atoms with Crippen LogP contribution in [0.2, 0.25) is 0 Å². The lowest BCUT2D eigenvalue weighted by Crippen LogP contribution is -2.63. The van der Waals surface area contributed by atoms with E-state index in [0.29, 0.717) is 25.9 Å². The summed E-state index contributed by atoms with van der Waals surface area (Å²) in [7, 11) is 0. The normalized spacial score (nSPS) is 48.5. The molecular weight excluding hydrogens is 544 g/mol. The fourth-order valence-electron chi connectivity index (χ4n) is 7.00. The Hall–Kier alpha value is -0.970. The first-order valence-electron chi connectivity index (χ1n) is 15.0. The van der Waals surface area contributed by atoms with E-state index in [4.69, 9.17) is 28.4 Å². The van der Waals surface area contributed by atoms with Gasteiger partial charge < -0.3 is 59.1 Å². The second-order valence-electron chi connectivity index (χ2n) is 12.4. The second kappa shape index (κ2) is 12.9. The van der Waals surface area contributed by atoms with Crippen molar-refractivity contribution in [2.75, 3.05) is 13.2 Å². The molecule has 0 radical (unpaired) electrons. The molecule has 41 heavy (non-hydrogen) atoms. The molecule has 3 aliphatic heterocycles. The zero-order valence-corrected chi connectivity index (χ0v) is 23.7. The predicted octanol–water partition coefficient (Wildman–Crippen LogP) is -0.330. The van der Waals surface area contributed by atoms with Gasteiger partial charge in [0, 0.05) is 12.0 Å². The minimum absolute atomic E-state index is 0.0197. The maximum absolute atomic E-state index is 12.3. The number of hydrogen-bond donors (Lipinski definition) is 6. The van der Waals surface area contributed by atoms with E-state index in [1.165, 1.54) is 0 Å². The van der Waals surface area contributed by atoms with Crippen LogP contribution >= 0.6 is 0 Å². The molecule has 5 rings (SSSR count). The summed E-state index contributed by atoms with van der Waals surface area (Å²) in [5, 5.41) is 62.2. The first-order chi connectivity index (χ1) is 19.6. The van der Waals surface area contributed by atoms with Gasteiger partial charge in [0.25, 0.3) is 0 Å². The number of fused-ring (bicyclic) bond motifs is 1. The van der Waals surface area contributed by atoms with E-state index in [1.807, 2.05) is 6.92 Å². The van der Waals surface area contributed by atoms with Crippen LogP contribution in [0.1, 0.15) is 65.2 Å². The Morgan fingerprint density at radius 1 is 0.878 bits per heavy atom. The minimum atomic E-state index is -1.47. The standard InChI is InChI=1S/C28H46O13/c1-3-14-6-4-7-15(21(14)41-26-20(33)19(32)17(30)13(2)37-26)38-27-23-22(18(31)16(12-29)39-27)40-24(25(34)35)28(9-10-28)8-5-11-36-23/h13-24,26-27,29-33H,3-12H2,1-2H3,(H,34,35). The van der Waals surface area contributed by atoms with Gasteiger partial charge in [0.2, 0.25) is 0 Å². The van der Waals surface area contributed by atoms with Gasteiger partial charge in [-0.1, -0.05) is 19.8 Å². The second-order valence-corrected chi connectivity index (χ2v) is 12.4. The lowest BCUT2D eigenvalue weighted by molar-refractivity contribution is -0.353. The van der Waals surface area contributed by atoms with Crippen molar-refractivity contribution in [3.8, 4) is 0 Å². The molecule has 236 valence electrons. The van der Waals surface area contributed by atoms with E-state index in [-0.39, 0.29) is 5.92 Å². The molecule has 14 atom stereocenters. The molecule has 14 unspecified atom stereocenters. The van der Waals surface area contributed by atoms with Gasteiger partial charge in [-0.25, -0.2) is 4.79 Å². The third-order valence-corrected chi connectivity index (χ3v) is 9.72. The molecule has 0 aromatic carbocycles. The molecule has 2 saturated carbocycles. The molecule has 3 saturated heterocycles. The van der Waals surface area contributed by atoms with Gasteiger partial charge in [-0.3, -0.25) is 0 Å². The van der Waals surface area contributed by atoms with Crippen LogP contribution in [0.25, 0.3) is 0 Å². The molecular formula is C28H46O13. The number of hydrogen-bond acceptors (Lipinski definition) is 12. The quantitative estimate of drug-likeness (QED) is 0.226. The van der Waals surface area contributed by atoms with Gasteiger partial charge in [0.15, 0.2) is 18.7 Å². The Bertz CT molecular complexity index is 885. The zero-order chi connectivity index (χ0) is 29.5. The zero-order valence-electron chi connectivity index (χ0n) is 23.7. The van der Waals surface area contributed by atoms with E-state index >= 15 is 0 Å². The third kappa shape index (κ3) is 6.32. The van der Waals surface area contributed by atoms with Crippen molar-refractivity contribution in [2.45, 2.75) is 145 Å². The Labute approximate surface area is 239 Å². The molecule has 13 heteroatoms. The molecule has 6 N–H and O–H groups in total. The van der Waals surface area contributed by atoms with E-state index in [1.54, 1.807) is 6.92 Å². The first kappa shape index (κ1) is 31.5. The predicted molar refractivity (Wildman–Crippen MR) is 138 cm³/mol. The summed E-state index contributed by atoms with van der Waals surface area (Å²) in [5.41, 5.74) is -0.500. The average molecular weight is 591 g/mol. The van der Waals surface area contributed by atoms with Crippen molar-refractivity contribution in [1.29, 1.82) is 0 Å². The number of rotatable bonds is 7. The molecule has 0 amide bonds. The van der Waals surface area contributed by atoms with Crippen LogP contribution in [0.5, 0.6) is 0 Å². The van der Waals surface area contributed by atoms with E-state index < -0.39 is 97.7 Å². The van der Waals surface area contributed by atoms with Crippen molar-refractivity contribution >= 4 is 5.97 Å². The number of aliphatic carboxylic acids is 1. The molecule has 1 spiro atoms. The monoisotopic (exact) mass is 590 g/mol.